The molecule has 24 heavy (non-hydrogen) atoms. The molecule has 0 atom stereocenters. The fourth-order valence-electron chi connectivity index (χ4n) is 3.26. The van der Waals surface area contributed by atoms with E-state index in [4.69, 9.17) is 4.74 Å². The van der Waals surface area contributed by atoms with Gasteiger partial charge in [0.1, 0.15) is 0 Å². The average molecular weight is 342 g/mol. The minimum Gasteiger partial charge on any atom is -0.377 e. The molecule has 0 radical (unpaired) electrons. The Morgan fingerprint density at radius 2 is 1.58 bits per heavy atom. The maximum absolute atomic E-state index is 5.96. The van der Waals surface area contributed by atoms with Crippen molar-refractivity contribution in [2.45, 2.75) is 29.8 Å². The van der Waals surface area contributed by atoms with E-state index in [1.165, 1.54) is 10.5 Å². The highest BCUT2D eigenvalue weighted by Crippen LogP contribution is 2.32. The summed E-state index contributed by atoms with van der Waals surface area (Å²) in [5.41, 5.74) is 1.46. The Morgan fingerprint density at radius 3 is 2.21 bits per heavy atom. The van der Waals surface area contributed by atoms with Gasteiger partial charge < -0.3 is 9.64 Å². The number of likely N-dealkylation sites (tertiary alicyclic amines) is 1. The van der Waals surface area contributed by atoms with E-state index in [-0.39, 0.29) is 5.60 Å². The standard InChI is InChI=1S/C21H27NOS/c1-23-21(18-24-20-10-6-3-7-11-20)13-16-22(17-14-21)15-12-19-8-4-2-5-9-19/h2-11H,12-18H2,1H3. The van der Waals surface area contributed by atoms with Gasteiger partial charge in [0, 0.05) is 37.4 Å². The lowest BCUT2D eigenvalue weighted by atomic mass is 9.93. The number of rotatable bonds is 7. The van der Waals surface area contributed by atoms with Crippen molar-refractivity contribution in [1.29, 1.82) is 0 Å². The molecule has 0 aliphatic carbocycles. The number of ether oxygens (including phenoxy) is 1. The smallest absolute Gasteiger partial charge is 0.0796 e. The van der Waals surface area contributed by atoms with Crippen LogP contribution in [0.15, 0.2) is 65.6 Å². The number of methoxy groups -OCH3 is 1. The Labute approximate surface area is 150 Å². The first kappa shape index (κ1) is 17.5. The third-order valence-electron chi connectivity index (χ3n) is 5.00. The molecular weight excluding hydrogens is 314 g/mol. The van der Waals surface area contributed by atoms with Gasteiger partial charge in [-0.25, -0.2) is 0 Å². The second-order valence-electron chi connectivity index (χ2n) is 6.57. The zero-order chi connectivity index (χ0) is 16.7. The normalized spacial score (nSPS) is 17.7. The van der Waals surface area contributed by atoms with Crippen molar-refractivity contribution in [3.05, 3.63) is 66.2 Å². The summed E-state index contributed by atoms with van der Waals surface area (Å²) in [7, 11) is 1.88. The molecular formula is C21H27NOS. The zero-order valence-electron chi connectivity index (χ0n) is 14.5. The molecule has 0 bridgehead atoms. The molecule has 0 spiro atoms. The van der Waals surface area contributed by atoms with Crippen LogP contribution in [-0.4, -0.2) is 43.0 Å². The summed E-state index contributed by atoms with van der Waals surface area (Å²) in [5, 5.41) is 0. The van der Waals surface area contributed by atoms with Crippen molar-refractivity contribution in [3.63, 3.8) is 0 Å². The topological polar surface area (TPSA) is 12.5 Å². The first-order chi connectivity index (χ1) is 11.8. The predicted molar refractivity (Wildman–Crippen MR) is 103 cm³/mol. The number of benzene rings is 2. The summed E-state index contributed by atoms with van der Waals surface area (Å²) in [6.45, 7) is 3.42. The van der Waals surface area contributed by atoms with Crippen LogP contribution in [0.2, 0.25) is 0 Å². The minimum absolute atomic E-state index is 0.0315. The second-order valence-corrected chi connectivity index (χ2v) is 7.61. The van der Waals surface area contributed by atoms with Crippen LogP contribution in [0, 0.1) is 0 Å². The van der Waals surface area contributed by atoms with E-state index in [9.17, 15) is 0 Å². The van der Waals surface area contributed by atoms with Crippen molar-refractivity contribution >= 4 is 11.8 Å². The quantitative estimate of drug-likeness (QED) is 0.688. The van der Waals surface area contributed by atoms with Gasteiger partial charge in [-0.15, -0.1) is 11.8 Å². The fraction of sp³-hybridized carbons (Fsp3) is 0.429. The number of hydrogen-bond donors (Lipinski definition) is 0. The van der Waals surface area contributed by atoms with E-state index in [0.717, 1.165) is 44.6 Å². The number of nitrogens with zero attached hydrogens (tertiary/aromatic N) is 1. The van der Waals surface area contributed by atoms with Gasteiger partial charge in [0.05, 0.1) is 5.60 Å². The maximum atomic E-state index is 5.96. The highest BCUT2D eigenvalue weighted by atomic mass is 32.2. The first-order valence-corrected chi connectivity index (χ1v) is 9.78. The lowest BCUT2D eigenvalue weighted by molar-refractivity contribution is -0.0385. The molecule has 1 saturated heterocycles. The Hall–Kier alpha value is -1.29. The summed E-state index contributed by atoms with van der Waals surface area (Å²) < 4.78 is 5.96. The molecule has 2 nitrogen and oxygen atoms in total. The van der Waals surface area contributed by atoms with Gasteiger partial charge in [0.15, 0.2) is 0 Å². The summed E-state index contributed by atoms with van der Waals surface area (Å²) in [6, 6.07) is 21.4. The molecule has 3 heteroatoms. The van der Waals surface area contributed by atoms with E-state index in [0.29, 0.717) is 0 Å². The van der Waals surface area contributed by atoms with Crippen molar-refractivity contribution in [3.8, 4) is 0 Å². The van der Waals surface area contributed by atoms with Crippen LogP contribution in [0.4, 0.5) is 0 Å². The largest absolute Gasteiger partial charge is 0.377 e. The second kappa shape index (κ2) is 8.70. The van der Waals surface area contributed by atoms with E-state index >= 15 is 0 Å². The van der Waals surface area contributed by atoms with Crippen LogP contribution < -0.4 is 0 Å². The molecule has 128 valence electrons. The highest BCUT2D eigenvalue weighted by molar-refractivity contribution is 7.99. The molecule has 3 rings (SSSR count). The van der Waals surface area contributed by atoms with Gasteiger partial charge in [-0.2, -0.15) is 0 Å². The van der Waals surface area contributed by atoms with Gasteiger partial charge in [-0.05, 0) is 37.0 Å². The molecule has 1 heterocycles. The van der Waals surface area contributed by atoms with E-state index in [1.54, 1.807) is 0 Å². The predicted octanol–water partition coefficient (Wildman–Crippen LogP) is 4.50. The van der Waals surface area contributed by atoms with Crippen LogP contribution in [0.25, 0.3) is 0 Å². The minimum atomic E-state index is 0.0315. The van der Waals surface area contributed by atoms with E-state index < -0.39 is 0 Å². The van der Waals surface area contributed by atoms with Gasteiger partial charge in [0.25, 0.3) is 0 Å². The monoisotopic (exact) mass is 341 g/mol. The van der Waals surface area contributed by atoms with Crippen LogP contribution in [-0.2, 0) is 11.2 Å². The van der Waals surface area contributed by atoms with Gasteiger partial charge in [-0.3, -0.25) is 0 Å². The number of hydrogen-bond acceptors (Lipinski definition) is 3. The maximum Gasteiger partial charge on any atom is 0.0796 e. The van der Waals surface area contributed by atoms with Crippen LogP contribution in [0.3, 0.4) is 0 Å². The summed E-state index contributed by atoms with van der Waals surface area (Å²) in [5.74, 6) is 1.04. The SMILES string of the molecule is COC1(CSc2ccccc2)CCN(CCc2ccccc2)CC1. The highest BCUT2D eigenvalue weighted by Gasteiger charge is 2.34. The molecule has 1 aliphatic heterocycles. The van der Waals surface area contributed by atoms with Gasteiger partial charge >= 0.3 is 0 Å². The Morgan fingerprint density at radius 1 is 0.958 bits per heavy atom. The lowest BCUT2D eigenvalue weighted by Crippen LogP contribution is -2.47. The number of piperidine rings is 1. The molecule has 0 N–H and O–H groups in total. The number of thioether (sulfide) groups is 1. The average Bonchev–Trinajstić information content (AvgIpc) is 2.67. The first-order valence-electron chi connectivity index (χ1n) is 8.79. The Balaban J connectivity index is 1.46. The molecule has 0 saturated carbocycles. The fourth-order valence-corrected chi connectivity index (χ4v) is 4.44. The zero-order valence-corrected chi connectivity index (χ0v) is 15.3. The summed E-state index contributed by atoms with van der Waals surface area (Å²) in [4.78, 5) is 3.91. The van der Waals surface area contributed by atoms with E-state index in [1.807, 2.05) is 18.9 Å². The Bertz CT molecular complexity index is 594. The molecule has 1 aliphatic rings. The van der Waals surface area contributed by atoms with Crippen molar-refractivity contribution in [1.82, 2.24) is 4.90 Å². The molecule has 1 fully saturated rings. The third-order valence-corrected chi connectivity index (χ3v) is 6.28. The molecule has 0 unspecified atom stereocenters. The van der Waals surface area contributed by atoms with Crippen molar-refractivity contribution < 1.29 is 4.74 Å². The molecule has 2 aromatic carbocycles. The van der Waals surface area contributed by atoms with Crippen molar-refractivity contribution in [2.24, 2.45) is 0 Å². The van der Waals surface area contributed by atoms with Gasteiger partial charge in [0.2, 0.25) is 0 Å². The Kier molecular flexibility index (Phi) is 6.36. The van der Waals surface area contributed by atoms with E-state index in [2.05, 4.69) is 65.6 Å². The molecule has 0 amide bonds. The van der Waals surface area contributed by atoms with Crippen LogP contribution in [0.5, 0.6) is 0 Å². The van der Waals surface area contributed by atoms with Gasteiger partial charge in [-0.1, -0.05) is 48.5 Å². The van der Waals surface area contributed by atoms with Crippen LogP contribution in [0.1, 0.15) is 18.4 Å². The molecule has 0 aromatic heterocycles. The van der Waals surface area contributed by atoms with Crippen molar-refractivity contribution in [2.75, 3.05) is 32.5 Å². The van der Waals surface area contributed by atoms with Crippen LogP contribution >= 0.6 is 11.8 Å². The lowest BCUT2D eigenvalue weighted by Gasteiger charge is -2.40. The summed E-state index contributed by atoms with van der Waals surface area (Å²) >= 11 is 1.92. The summed E-state index contributed by atoms with van der Waals surface area (Å²) in [6.07, 6.45) is 3.38. The molecule has 2 aromatic rings. The third kappa shape index (κ3) is 4.85.